The van der Waals surface area contributed by atoms with Gasteiger partial charge >= 0.3 is 0 Å². The van der Waals surface area contributed by atoms with Crippen LogP contribution in [0, 0.1) is 0 Å². The number of benzene rings is 1. The van der Waals surface area contributed by atoms with Gasteiger partial charge in [-0.25, -0.2) is 0 Å². The van der Waals surface area contributed by atoms with Crippen molar-refractivity contribution in [2.24, 2.45) is 0 Å². The number of rotatable bonds is 5. The molecule has 1 aromatic carbocycles. The fourth-order valence-corrected chi connectivity index (χ4v) is 2.16. The van der Waals surface area contributed by atoms with Crippen LogP contribution >= 0.6 is 0 Å². The molecule has 7 heteroatoms. The van der Waals surface area contributed by atoms with E-state index in [4.69, 9.17) is 0 Å². The quantitative estimate of drug-likeness (QED) is 0.775. The molecule has 2 heterocycles. The number of aromatic nitrogens is 6. The monoisotopic (exact) mass is 283 g/mol. The molecule has 0 spiro atoms. The van der Waals surface area contributed by atoms with Gasteiger partial charge in [-0.05, 0) is 36.4 Å². The molecule has 21 heavy (non-hydrogen) atoms. The molecule has 0 aliphatic heterocycles. The van der Waals surface area contributed by atoms with Crippen molar-refractivity contribution in [2.45, 2.75) is 26.4 Å². The lowest BCUT2D eigenvalue weighted by atomic mass is 10.1. The molecule has 1 unspecified atom stereocenters. The van der Waals surface area contributed by atoms with E-state index in [-0.39, 0.29) is 6.04 Å². The van der Waals surface area contributed by atoms with Crippen molar-refractivity contribution in [1.29, 1.82) is 0 Å². The topological polar surface area (TPSA) is 73.5 Å². The number of nitrogens with zero attached hydrogens (tertiary/aromatic N) is 6. The summed E-state index contributed by atoms with van der Waals surface area (Å²) in [6.07, 6.45) is 5.53. The highest BCUT2D eigenvalue weighted by Crippen LogP contribution is 2.24. The first kappa shape index (κ1) is 13.3. The molecule has 0 fully saturated rings. The van der Waals surface area contributed by atoms with E-state index in [9.17, 15) is 0 Å². The summed E-state index contributed by atoms with van der Waals surface area (Å²) in [7, 11) is 0. The van der Waals surface area contributed by atoms with E-state index in [1.165, 1.54) is 0 Å². The number of aryl methyl sites for hydroxylation is 1. The molecular formula is C14H17N7. The van der Waals surface area contributed by atoms with E-state index in [1.807, 2.05) is 35.1 Å². The maximum Gasteiger partial charge on any atom is 0.143 e. The Kier molecular flexibility index (Phi) is 3.63. The van der Waals surface area contributed by atoms with E-state index in [0.29, 0.717) is 0 Å². The summed E-state index contributed by atoms with van der Waals surface area (Å²) < 4.78 is 3.56. The van der Waals surface area contributed by atoms with Crippen LogP contribution in [0.15, 0.2) is 43.0 Å². The molecule has 2 aromatic heterocycles. The Labute approximate surface area is 122 Å². The van der Waals surface area contributed by atoms with Gasteiger partial charge in [0.2, 0.25) is 0 Å². The smallest absolute Gasteiger partial charge is 0.143 e. The predicted molar refractivity (Wildman–Crippen MR) is 79.1 cm³/mol. The zero-order valence-corrected chi connectivity index (χ0v) is 12.0. The first-order chi connectivity index (χ1) is 10.3. The molecule has 0 bridgehead atoms. The zero-order valence-electron chi connectivity index (χ0n) is 12.0. The minimum absolute atomic E-state index is 0.142. The summed E-state index contributed by atoms with van der Waals surface area (Å²) in [6.45, 7) is 5.04. The number of hydrogen-bond acceptors (Lipinski definition) is 5. The molecule has 0 saturated carbocycles. The fourth-order valence-electron chi connectivity index (χ4n) is 2.16. The van der Waals surface area contributed by atoms with Crippen LogP contribution in [0.4, 0.5) is 5.69 Å². The number of tetrazole rings is 1. The average Bonchev–Trinajstić information content (AvgIpc) is 3.19. The van der Waals surface area contributed by atoms with Gasteiger partial charge in [0.25, 0.3) is 0 Å². The molecular weight excluding hydrogens is 266 g/mol. The van der Waals surface area contributed by atoms with E-state index < -0.39 is 0 Å². The molecule has 108 valence electrons. The molecule has 0 aliphatic rings. The molecule has 3 rings (SSSR count). The van der Waals surface area contributed by atoms with Crippen molar-refractivity contribution >= 4 is 5.69 Å². The molecule has 0 aliphatic carbocycles. The van der Waals surface area contributed by atoms with Crippen LogP contribution in [-0.4, -0.2) is 30.0 Å². The van der Waals surface area contributed by atoms with Gasteiger partial charge in [-0.1, -0.05) is 12.1 Å². The van der Waals surface area contributed by atoms with Crippen LogP contribution in [0.1, 0.15) is 25.5 Å². The molecule has 1 N–H and O–H groups in total. The van der Waals surface area contributed by atoms with Crippen molar-refractivity contribution in [3.8, 4) is 5.69 Å². The summed E-state index contributed by atoms with van der Waals surface area (Å²) in [4.78, 5) is 0. The van der Waals surface area contributed by atoms with Gasteiger partial charge in [0.15, 0.2) is 0 Å². The Balaban J connectivity index is 1.85. The first-order valence-corrected chi connectivity index (χ1v) is 6.89. The Morgan fingerprint density at radius 2 is 2.14 bits per heavy atom. The summed E-state index contributed by atoms with van der Waals surface area (Å²) in [5.41, 5.74) is 3.03. The normalized spacial score (nSPS) is 12.3. The lowest BCUT2D eigenvalue weighted by Crippen LogP contribution is -2.09. The molecule has 0 radical (unpaired) electrons. The molecule has 0 saturated heterocycles. The highest BCUT2D eigenvalue weighted by molar-refractivity contribution is 5.61. The predicted octanol–water partition coefficient (Wildman–Crippen LogP) is 2.05. The summed E-state index contributed by atoms with van der Waals surface area (Å²) in [6, 6.07) is 8.07. The van der Waals surface area contributed by atoms with Crippen LogP contribution in [0.25, 0.3) is 5.69 Å². The number of anilines is 1. The maximum absolute atomic E-state index is 4.31. The van der Waals surface area contributed by atoms with Gasteiger partial charge in [0, 0.05) is 18.3 Å². The summed E-state index contributed by atoms with van der Waals surface area (Å²) >= 11 is 0. The summed E-state index contributed by atoms with van der Waals surface area (Å²) in [5.74, 6) is 0. The third-order valence-electron chi connectivity index (χ3n) is 3.35. The van der Waals surface area contributed by atoms with Crippen molar-refractivity contribution in [2.75, 3.05) is 5.32 Å². The second-order valence-electron chi connectivity index (χ2n) is 4.77. The van der Waals surface area contributed by atoms with Gasteiger partial charge in [-0.15, -0.1) is 5.10 Å². The van der Waals surface area contributed by atoms with Crippen LogP contribution in [0.3, 0.4) is 0 Å². The largest absolute Gasteiger partial charge is 0.377 e. The summed E-state index contributed by atoms with van der Waals surface area (Å²) in [5, 5.41) is 19.1. The fraction of sp³-hybridized carbons (Fsp3) is 0.286. The van der Waals surface area contributed by atoms with Crippen LogP contribution in [0.5, 0.6) is 0 Å². The van der Waals surface area contributed by atoms with Gasteiger partial charge < -0.3 is 5.32 Å². The standard InChI is InChI=1S/C14H17N7/c1-3-20-9-12(8-16-20)11(2)17-13-6-4-5-7-14(13)21-10-15-18-19-21/h4-11,17H,3H2,1-2H3. The molecule has 1 atom stereocenters. The van der Waals surface area contributed by atoms with E-state index in [1.54, 1.807) is 11.0 Å². The van der Waals surface area contributed by atoms with E-state index in [2.05, 4.69) is 46.0 Å². The van der Waals surface area contributed by atoms with Crippen molar-refractivity contribution in [3.05, 3.63) is 48.5 Å². The van der Waals surface area contributed by atoms with Crippen LogP contribution in [-0.2, 0) is 6.54 Å². The SMILES string of the molecule is CCn1cc(C(C)Nc2ccccc2-n2cnnn2)cn1. The third kappa shape index (κ3) is 2.76. The molecule has 7 nitrogen and oxygen atoms in total. The van der Waals surface area contributed by atoms with Crippen molar-refractivity contribution in [3.63, 3.8) is 0 Å². The molecule has 3 aromatic rings. The first-order valence-electron chi connectivity index (χ1n) is 6.89. The minimum Gasteiger partial charge on any atom is -0.377 e. The van der Waals surface area contributed by atoms with E-state index in [0.717, 1.165) is 23.5 Å². The van der Waals surface area contributed by atoms with Crippen LogP contribution < -0.4 is 5.32 Å². The van der Waals surface area contributed by atoms with Gasteiger partial charge in [-0.3, -0.25) is 4.68 Å². The lowest BCUT2D eigenvalue weighted by Gasteiger charge is -2.16. The van der Waals surface area contributed by atoms with Gasteiger partial charge in [0.05, 0.1) is 23.6 Å². The third-order valence-corrected chi connectivity index (χ3v) is 3.35. The highest BCUT2D eigenvalue weighted by atomic mass is 15.5. The van der Waals surface area contributed by atoms with Crippen molar-refractivity contribution < 1.29 is 0 Å². The maximum atomic E-state index is 4.31. The van der Waals surface area contributed by atoms with E-state index >= 15 is 0 Å². The number of para-hydroxylation sites is 2. The second kappa shape index (κ2) is 5.74. The second-order valence-corrected chi connectivity index (χ2v) is 4.77. The Bertz CT molecular complexity index is 702. The van der Waals surface area contributed by atoms with Crippen LogP contribution in [0.2, 0.25) is 0 Å². The molecule has 0 amide bonds. The Morgan fingerprint density at radius 3 is 2.86 bits per heavy atom. The van der Waals surface area contributed by atoms with Gasteiger partial charge in [-0.2, -0.15) is 9.78 Å². The number of hydrogen-bond donors (Lipinski definition) is 1. The van der Waals surface area contributed by atoms with Gasteiger partial charge in [0.1, 0.15) is 6.33 Å². The average molecular weight is 283 g/mol. The Hall–Kier alpha value is -2.70. The number of nitrogens with one attached hydrogen (secondary N) is 1. The minimum atomic E-state index is 0.142. The lowest BCUT2D eigenvalue weighted by molar-refractivity contribution is 0.658. The van der Waals surface area contributed by atoms with Crippen molar-refractivity contribution in [1.82, 2.24) is 30.0 Å². The Morgan fingerprint density at radius 1 is 1.29 bits per heavy atom. The zero-order chi connectivity index (χ0) is 14.7. The highest BCUT2D eigenvalue weighted by Gasteiger charge is 2.11.